The molecule has 60 valence electrons. The number of hydroxylamine groups is 1. The summed E-state index contributed by atoms with van der Waals surface area (Å²) in [5.74, 6) is 0. The van der Waals surface area contributed by atoms with Gasteiger partial charge in [-0.25, -0.2) is 0 Å². The van der Waals surface area contributed by atoms with Crippen LogP contribution in [0.5, 0.6) is 0 Å². The predicted octanol–water partition coefficient (Wildman–Crippen LogP) is -1.30. The molecule has 10 heavy (non-hydrogen) atoms. The zero-order valence-electron chi connectivity index (χ0n) is 6.48. The highest BCUT2D eigenvalue weighted by atomic mass is 16.6. The molecule has 2 unspecified atom stereocenters. The van der Waals surface area contributed by atoms with Crippen molar-refractivity contribution in [3.8, 4) is 0 Å². The van der Waals surface area contributed by atoms with Crippen LogP contribution in [0.1, 0.15) is 0 Å². The van der Waals surface area contributed by atoms with Crippen LogP contribution in [-0.4, -0.2) is 39.3 Å². The monoisotopic (exact) mass is 145 g/mol. The molecule has 4 nitrogen and oxygen atoms in total. The van der Waals surface area contributed by atoms with Gasteiger partial charge in [0.1, 0.15) is 0 Å². The quantitative estimate of drug-likeness (QED) is 0.432. The Bertz CT molecular complexity index is 99.0. The number of likely N-dealkylation sites (N-methyl/N-ethyl adjacent to an activating group) is 1. The lowest BCUT2D eigenvalue weighted by molar-refractivity contribution is 0.0595. The molecule has 0 aliphatic carbocycles. The molecular formula is C6H15N3O. The Hall–Kier alpha value is -0.160. The molecule has 1 aliphatic heterocycles. The lowest BCUT2D eigenvalue weighted by Gasteiger charge is -2.17. The lowest BCUT2D eigenvalue weighted by Crippen LogP contribution is -2.45. The van der Waals surface area contributed by atoms with Crippen molar-refractivity contribution in [1.29, 1.82) is 0 Å². The van der Waals surface area contributed by atoms with Crippen LogP contribution in [0.25, 0.3) is 0 Å². The van der Waals surface area contributed by atoms with E-state index in [1.807, 2.05) is 7.05 Å². The van der Waals surface area contributed by atoms with E-state index < -0.39 is 0 Å². The molecule has 0 bridgehead atoms. The number of rotatable bonds is 3. The molecule has 0 aromatic heterocycles. The maximum absolute atomic E-state index is 4.83. The van der Waals surface area contributed by atoms with Crippen LogP contribution < -0.4 is 16.1 Å². The summed E-state index contributed by atoms with van der Waals surface area (Å²) in [6.07, 6.45) is 0. The summed E-state index contributed by atoms with van der Waals surface area (Å²) >= 11 is 0. The van der Waals surface area contributed by atoms with Crippen molar-refractivity contribution in [2.75, 3.05) is 27.2 Å². The summed E-state index contributed by atoms with van der Waals surface area (Å²) in [7, 11) is 3.60. The zero-order valence-corrected chi connectivity index (χ0v) is 6.48. The molecule has 1 aliphatic rings. The van der Waals surface area contributed by atoms with Crippen LogP contribution in [0.2, 0.25) is 0 Å². The molecule has 0 radical (unpaired) electrons. The van der Waals surface area contributed by atoms with E-state index in [0.29, 0.717) is 12.1 Å². The summed E-state index contributed by atoms with van der Waals surface area (Å²) in [5.41, 5.74) is 2.92. The lowest BCUT2D eigenvalue weighted by atomic mass is 10.2. The summed E-state index contributed by atoms with van der Waals surface area (Å²) in [6.45, 7) is 1.98. The van der Waals surface area contributed by atoms with Gasteiger partial charge < -0.3 is 15.5 Å². The van der Waals surface area contributed by atoms with Crippen LogP contribution in [0.4, 0.5) is 0 Å². The zero-order chi connectivity index (χ0) is 7.40. The van der Waals surface area contributed by atoms with Crippen LogP contribution >= 0.6 is 0 Å². The highest BCUT2D eigenvalue weighted by molar-refractivity contribution is 4.89. The van der Waals surface area contributed by atoms with Crippen molar-refractivity contribution < 1.29 is 4.84 Å². The van der Waals surface area contributed by atoms with E-state index in [4.69, 9.17) is 4.84 Å². The van der Waals surface area contributed by atoms with Gasteiger partial charge in [0, 0.05) is 19.1 Å². The average Bonchev–Trinajstić information content (AvgIpc) is 2.36. The SMILES string of the molecule is CNC1CNCC1NOC. The molecule has 4 heteroatoms. The molecule has 0 aromatic rings. The summed E-state index contributed by atoms with van der Waals surface area (Å²) in [6, 6.07) is 0.884. The van der Waals surface area contributed by atoms with Crippen LogP contribution in [-0.2, 0) is 4.84 Å². The first-order valence-electron chi connectivity index (χ1n) is 3.55. The molecule has 1 fully saturated rings. The average molecular weight is 145 g/mol. The highest BCUT2D eigenvalue weighted by Crippen LogP contribution is 1.97. The Balaban J connectivity index is 2.27. The molecular weight excluding hydrogens is 130 g/mol. The number of hydrogen-bond donors (Lipinski definition) is 3. The maximum atomic E-state index is 4.83. The largest absolute Gasteiger partial charge is 0.314 e. The van der Waals surface area contributed by atoms with Crippen LogP contribution in [0, 0.1) is 0 Å². The number of nitrogens with one attached hydrogen (secondary N) is 3. The summed E-state index contributed by atoms with van der Waals surface area (Å²) in [5, 5.41) is 6.45. The molecule has 0 aromatic carbocycles. The van der Waals surface area contributed by atoms with Gasteiger partial charge in [0.2, 0.25) is 0 Å². The first-order chi connectivity index (χ1) is 4.88. The van der Waals surface area contributed by atoms with Gasteiger partial charge in [-0.2, -0.15) is 5.48 Å². The van der Waals surface area contributed by atoms with Gasteiger partial charge in [0.05, 0.1) is 13.2 Å². The molecule has 1 saturated heterocycles. The predicted molar refractivity (Wildman–Crippen MR) is 39.7 cm³/mol. The maximum Gasteiger partial charge on any atom is 0.0611 e. The Morgan fingerprint density at radius 1 is 1.40 bits per heavy atom. The Labute approximate surface area is 61.3 Å². The van der Waals surface area contributed by atoms with E-state index in [1.54, 1.807) is 7.11 Å². The van der Waals surface area contributed by atoms with Gasteiger partial charge in [-0.05, 0) is 7.05 Å². The topological polar surface area (TPSA) is 45.3 Å². The van der Waals surface area contributed by atoms with Gasteiger partial charge >= 0.3 is 0 Å². The van der Waals surface area contributed by atoms with Gasteiger partial charge in [0.25, 0.3) is 0 Å². The van der Waals surface area contributed by atoms with Gasteiger partial charge in [-0.1, -0.05) is 0 Å². The third-order valence-corrected chi connectivity index (χ3v) is 1.85. The third-order valence-electron chi connectivity index (χ3n) is 1.85. The molecule has 1 rings (SSSR count). The van der Waals surface area contributed by atoms with Crippen LogP contribution in [0.3, 0.4) is 0 Å². The standard InChI is InChI=1S/C6H15N3O/c1-7-5-3-8-4-6(5)9-10-2/h5-9H,3-4H2,1-2H3. The van der Waals surface area contributed by atoms with E-state index in [2.05, 4.69) is 16.1 Å². The van der Waals surface area contributed by atoms with E-state index in [1.165, 1.54) is 0 Å². The molecule has 3 N–H and O–H groups in total. The molecule has 2 atom stereocenters. The van der Waals surface area contributed by atoms with E-state index in [-0.39, 0.29) is 0 Å². The molecule has 1 heterocycles. The van der Waals surface area contributed by atoms with Crippen molar-refractivity contribution in [2.24, 2.45) is 0 Å². The van der Waals surface area contributed by atoms with Crippen molar-refractivity contribution >= 4 is 0 Å². The fourth-order valence-corrected chi connectivity index (χ4v) is 1.26. The Morgan fingerprint density at radius 3 is 2.70 bits per heavy atom. The van der Waals surface area contributed by atoms with Crippen molar-refractivity contribution in [1.82, 2.24) is 16.1 Å². The Kier molecular flexibility index (Phi) is 3.08. The smallest absolute Gasteiger partial charge is 0.0611 e. The minimum Gasteiger partial charge on any atom is -0.314 e. The highest BCUT2D eigenvalue weighted by Gasteiger charge is 2.24. The minimum absolute atomic E-state index is 0.398. The first kappa shape index (κ1) is 7.94. The van der Waals surface area contributed by atoms with Crippen LogP contribution in [0.15, 0.2) is 0 Å². The summed E-state index contributed by atoms with van der Waals surface area (Å²) < 4.78 is 0. The second-order valence-corrected chi connectivity index (χ2v) is 2.48. The number of hydrogen-bond acceptors (Lipinski definition) is 4. The fourth-order valence-electron chi connectivity index (χ4n) is 1.26. The normalized spacial score (nSPS) is 33.0. The third kappa shape index (κ3) is 1.67. The van der Waals surface area contributed by atoms with Gasteiger partial charge in [-0.15, -0.1) is 0 Å². The molecule has 0 spiro atoms. The molecule has 0 amide bonds. The minimum atomic E-state index is 0.398. The second kappa shape index (κ2) is 3.88. The van der Waals surface area contributed by atoms with Crippen molar-refractivity contribution in [2.45, 2.75) is 12.1 Å². The fraction of sp³-hybridized carbons (Fsp3) is 1.00. The van der Waals surface area contributed by atoms with E-state index in [9.17, 15) is 0 Å². The van der Waals surface area contributed by atoms with Gasteiger partial charge in [0.15, 0.2) is 0 Å². The summed E-state index contributed by atoms with van der Waals surface area (Å²) in [4.78, 5) is 4.83. The first-order valence-corrected chi connectivity index (χ1v) is 3.55. The van der Waals surface area contributed by atoms with E-state index >= 15 is 0 Å². The Morgan fingerprint density at radius 2 is 2.10 bits per heavy atom. The van der Waals surface area contributed by atoms with E-state index in [0.717, 1.165) is 13.1 Å². The van der Waals surface area contributed by atoms with Crippen molar-refractivity contribution in [3.63, 3.8) is 0 Å². The van der Waals surface area contributed by atoms with Gasteiger partial charge in [-0.3, -0.25) is 0 Å². The second-order valence-electron chi connectivity index (χ2n) is 2.48. The molecule has 0 saturated carbocycles. The van der Waals surface area contributed by atoms with Crippen molar-refractivity contribution in [3.05, 3.63) is 0 Å².